The van der Waals surface area contributed by atoms with Gasteiger partial charge in [0, 0.05) is 19.6 Å². The van der Waals surface area contributed by atoms with E-state index in [9.17, 15) is 4.79 Å². The summed E-state index contributed by atoms with van der Waals surface area (Å²) >= 11 is 0. The van der Waals surface area contributed by atoms with Crippen LogP contribution in [0.5, 0.6) is 0 Å². The molecule has 0 saturated carbocycles. The lowest BCUT2D eigenvalue weighted by molar-refractivity contribution is 0.0120. The topological polar surface area (TPSA) is 74.5 Å². The molecule has 1 aromatic heterocycles. The van der Waals surface area contributed by atoms with Crippen molar-refractivity contribution < 1.29 is 18.8 Å². The minimum Gasteiger partial charge on any atom is -0.457 e. The van der Waals surface area contributed by atoms with E-state index in [0.29, 0.717) is 29.4 Å². The number of benzene rings is 1. The Hall–Kier alpha value is -2.21. The number of aryl methyl sites for hydroxylation is 1. The van der Waals surface area contributed by atoms with Gasteiger partial charge in [-0.15, -0.1) is 0 Å². The van der Waals surface area contributed by atoms with E-state index in [2.05, 4.69) is 10.1 Å². The lowest BCUT2D eigenvalue weighted by Crippen LogP contribution is -2.19. The number of rotatable bonds is 5. The Balaban J connectivity index is 2.15. The SMILES string of the molecule is COC[C@H](C)OC(=O)c1cccc(-c2noc(C)n2)c1. The third-order valence-electron chi connectivity index (χ3n) is 2.59. The van der Waals surface area contributed by atoms with Crippen LogP contribution in [0, 0.1) is 6.92 Å². The van der Waals surface area contributed by atoms with Crippen molar-refractivity contribution in [1.82, 2.24) is 10.1 Å². The molecule has 2 rings (SSSR count). The van der Waals surface area contributed by atoms with Gasteiger partial charge in [0.2, 0.25) is 11.7 Å². The lowest BCUT2D eigenvalue weighted by atomic mass is 10.1. The van der Waals surface area contributed by atoms with Crippen LogP contribution >= 0.6 is 0 Å². The van der Waals surface area contributed by atoms with Gasteiger partial charge in [-0.25, -0.2) is 4.79 Å². The highest BCUT2D eigenvalue weighted by molar-refractivity contribution is 5.90. The molecule has 1 heterocycles. The molecule has 0 aliphatic heterocycles. The molecule has 0 radical (unpaired) electrons. The summed E-state index contributed by atoms with van der Waals surface area (Å²) in [6.45, 7) is 3.84. The molecule has 106 valence electrons. The Morgan fingerprint density at radius 1 is 1.45 bits per heavy atom. The molecule has 0 aliphatic carbocycles. The van der Waals surface area contributed by atoms with E-state index in [1.165, 1.54) is 0 Å². The molecule has 6 heteroatoms. The number of esters is 1. The predicted octanol–water partition coefficient (Wildman–Crippen LogP) is 2.24. The molecule has 2 aromatic rings. The van der Waals surface area contributed by atoms with Gasteiger partial charge in [-0.05, 0) is 19.1 Å². The van der Waals surface area contributed by atoms with Crippen molar-refractivity contribution in [1.29, 1.82) is 0 Å². The zero-order valence-corrected chi connectivity index (χ0v) is 11.6. The van der Waals surface area contributed by atoms with E-state index in [0.717, 1.165) is 0 Å². The number of ether oxygens (including phenoxy) is 2. The molecule has 0 N–H and O–H groups in total. The summed E-state index contributed by atoms with van der Waals surface area (Å²) in [4.78, 5) is 16.1. The number of hydrogen-bond donors (Lipinski definition) is 0. The molecular weight excluding hydrogens is 260 g/mol. The first kappa shape index (κ1) is 14.2. The molecule has 0 saturated heterocycles. The van der Waals surface area contributed by atoms with Gasteiger partial charge in [-0.1, -0.05) is 17.3 Å². The molecule has 1 atom stereocenters. The van der Waals surface area contributed by atoms with E-state index < -0.39 is 5.97 Å². The summed E-state index contributed by atoms with van der Waals surface area (Å²) in [6, 6.07) is 6.91. The molecule has 20 heavy (non-hydrogen) atoms. The third-order valence-corrected chi connectivity index (χ3v) is 2.59. The Kier molecular flexibility index (Phi) is 4.47. The molecule has 0 unspecified atom stereocenters. The van der Waals surface area contributed by atoms with Gasteiger partial charge < -0.3 is 14.0 Å². The van der Waals surface area contributed by atoms with Crippen molar-refractivity contribution in [2.45, 2.75) is 20.0 Å². The summed E-state index contributed by atoms with van der Waals surface area (Å²) in [5.41, 5.74) is 1.14. The average molecular weight is 276 g/mol. The second-order valence-electron chi connectivity index (χ2n) is 4.39. The van der Waals surface area contributed by atoms with Crippen LogP contribution in [-0.4, -0.2) is 35.9 Å². The summed E-state index contributed by atoms with van der Waals surface area (Å²) in [6.07, 6.45) is -0.302. The van der Waals surface area contributed by atoms with Crippen molar-refractivity contribution >= 4 is 5.97 Å². The summed E-state index contributed by atoms with van der Waals surface area (Å²) < 4.78 is 15.1. The van der Waals surface area contributed by atoms with Gasteiger partial charge in [-0.3, -0.25) is 0 Å². The van der Waals surface area contributed by atoms with Gasteiger partial charge in [0.25, 0.3) is 0 Å². The van der Waals surface area contributed by atoms with Crippen LogP contribution in [-0.2, 0) is 9.47 Å². The van der Waals surface area contributed by atoms with Crippen LogP contribution in [0.15, 0.2) is 28.8 Å². The molecule has 6 nitrogen and oxygen atoms in total. The fourth-order valence-corrected chi connectivity index (χ4v) is 1.72. The normalized spacial score (nSPS) is 12.2. The lowest BCUT2D eigenvalue weighted by Gasteiger charge is -2.12. The molecule has 0 fully saturated rings. The Morgan fingerprint density at radius 3 is 2.90 bits per heavy atom. The maximum absolute atomic E-state index is 12.0. The van der Waals surface area contributed by atoms with Crippen LogP contribution in [0.1, 0.15) is 23.2 Å². The van der Waals surface area contributed by atoms with Crippen molar-refractivity contribution in [2.24, 2.45) is 0 Å². The monoisotopic (exact) mass is 276 g/mol. The second-order valence-corrected chi connectivity index (χ2v) is 4.39. The molecular formula is C14H16N2O4. The highest BCUT2D eigenvalue weighted by Crippen LogP contribution is 2.18. The number of hydrogen-bond acceptors (Lipinski definition) is 6. The first-order valence-electron chi connectivity index (χ1n) is 6.21. The number of carbonyl (C=O) groups is 1. The molecule has 1 aromatic carbocycles. The van der Waals surface area contributed by atoms with Crippen molar-refractivity contribution in [3.05, 3.63) is 35.7 Å². The largest absolute Gasteiger partial charge is 0.457 e. The number of aromatic nitrogens is 2. The van der Waals surface area contributed by atoms with Crippen molar-refractivity contribution in [2.75, 3.05) is 13.7 Å². The third kappa shape index (κ3) is 3.42. The zero-order valence-electron chi connectivity index (χ0n) is 11.6. The maximum Gasteiger partial charge on any atom is 0.338 e. The van der Waals surface area contributed by atoms with E-state index in [-0.39, 0.29) is 6.10 Å². The molecule has 0 bridgehead atoms. The average Bonchev–Trinajstić information content (AvgIpc) is 2.86. The Labute approximate surface area is 116 Å². The quantitative estimate of drug-likeness (QED) is 0.780. The fraction of sp³-hybridized carbons (Fsp3) is 0.357. The van der Waals surface area contributed by atoms with Crippen LogP contribution in [0.3, 0.4) is 0 Å². The van der Waals surface area contributed by atoms with Gasteiger partial charge in [0.1, 0.15) is 6.10 Å². The molecule has 0 aliphatic rings. The highest BCUT2D eigenvalue weighted by atomic mass is 16.6. The van der Waals surface area contributed by atoms with E-state index in [1.54, 1.807) is 45.2 Å². The minimum atomic E-state index is -0.406. The van der Waals surface area contributed by atoms with Gasteiger partial charge in [0.15, 0.2) is 0 Å². The summed E-state index contributed by atoms with van der Waals surface area (Å²) in [5.74, 6) is 0.514. The van der Waals surface area contributed by atoms with Gasteiger partial charge in [-0.2, -0.15) is 4.98 Å². The predicted molar refractivity (Wildman–Crippen MR) is 71.2 cm³/mol. The second kappa shape index (κ2) is 6.29. The summed E-state index contributed by atoms with van der Waals surface area (Å²) in [7, 11) is 1.56. The van der Waals surface area contributed by atoms with E-state index in [4.69, 9.17) is 14.0 Å². The fourth-order valence-electron chi connectivity index (χ4n) is 1.72. The first-order chi connectivity index (χ1) is 9.60. The zero-order chi connectivity index (χ0) is 14.5. The molecule has 0 amide bonds. The molecule has 0 spiro atoms. The first-order valence-corrected chi connectivity index (χ1v) is 6.21. The van der Waals surface area contributed by atoms with Crippen LogP contribution < -0.4 is 0 Å². The van der Waals surface area contributed by atoms with E-state index in [1.807, 2.05) is 0 Å². The number of carbonyl (C=O) groups excluding carboxylic acids is 1. The number of nitrogens with zero attached hydrogens (tertiary/aromatic N) is 2. The van der Waals surface area contributed by atoms with Crippen molar-refractivity contribution in [3.8, 4) is 11.4 Å². The van der Waals surface area contributed by atoms with E-state index >= 15 is 0 Å². The Bertz CT molecular complexity index is 594. The highest BCUT2D eigenvalue weighted by Gasteiger charge is 2.14. The summed E-state index contributed by atoms with van der Waals surface area (Å²) in [5, 5.41) is 3.82. The van der Waals surface area contributed by atoms with Gasteiger partial charge >= 0.3 is 5.97 Å². The Morgan fingerprint density at radius 2 is 2.25 bits per heavy atom. The maximum atomic E-state index is 12.0. The van der Waals surface area contributed by atoms with Crippen LogP contribution in [0.2, 0.25) is 0 Å². The van der Waals surface area contributed by atoms with Crippen molar-refractivity contribution in [3.63, 3.8) is 0 Å². The minimum absolute atomic E-state index is 0.302. The smallest absolute Gasteiger partial charge is 0.338 e. The standard InChI is InChI=1S/C14H16N2O4/c1-9(8-18-3)19-14(17)12-6-4-5-11(7-12)13-15-10(2)20-16-13/h4-7,9H,8H2,1-3H3/t9-/m0/s1. The van der Waals surface area contributed by atoms with Crippen LogP contribution in [0.4, 0.5) is 0 Å². The van der Waals surface area contributed by atoms with Crippen LogP contribution in [0.25, 0.3) is 11.4 Å². The van der Waals surface area contributed by atoms with Gasteiger partial charge in [0.05, 0.1) is 12.2 Å². The number of methoxy groups -OCH3 is 1.